The van der Waals surface area contributed by atoms with Crippen molar-refractivity contribution in [3.8, 4) is 5.75 Å². The van der Waals surface area contributed by atoms with Crippen LogP contribution in [0.15, 0.2) is 24.3 Å². The van der Waals surface area contributed by atoms with Crippen LogP contribution in [0.4, 0.5) is 0 Å². The lowest BCUT2D eigenvalue weighted by Crippen LogP contribution is -2.60. The van der Waals surface area contributed by atoms with Crippen LogP contribution in [-0.2, 0) is 20.9 Å². The molecule has 1 aromatic rings. The number of aliphatic hydroxyl groups is 6. The largest absolute Gasteiger partial charge is 0.462 e. The number of esters is 1. The molecule has 1 heterocycles. The number of carbonyl (C=O) groups is 1. The van der Waals surface area contributed by atoms with Crippen LogP contribution < -0.4 is 4.74 Å². The summed E-state index contributed by atoms with van der Waals surface area (Å²) in [6.07, 6.45) is -8.42. The van der Waals surface area contributed by atoms with Crippen LogP contribution >= 0.6 is 0 Å². The number of ether oxygens (including phenoxy) is 3. The van der Waals surface area contributed by atoms with Gasteiger partial charge in [0.1, 0.15) is 36.8 Å². The minimum atomic E-state index is -1.67. The van der Waals surface area contributed by atoms with Gasteiger partial charge < -0.3 is 44.8 Å². The highest BCUT2D eigenvalue weighted by atomic mass is 16.7. The maximum absolute atomic E-state index is 11.8. The van der Waals surface area contributed by atoms with E-state index in [1.54, 1.807) is 19.1 Å². The number of hydrogen-bond acceptors (Lipinski definition) is 10. The first-order valence-electron chi connectivity index (χ1n) is 9.24. The van der Waals surface area contributed by atoms with E-state index in [2.05, 4.69) is 0 Å². The fourth-order valence-corrected chi connectivity index (χ4v) is 2.64. The molecule has 7 unspecified atom stereocenters. The van der Waals surface area contributed by atoms with Crippen LogP contribution in [0.2, 0.25) is 0 Å². The molecule has 10 heteroatoms. The summed E-state index contributed by atoms with van der Waals surface area (Å²) in [5.74, 6) is -0.683. The van der Waals surface area contributed by atoms with E-state index >= 15 is 0 Å². The van der Waals surface area contributed by atoms with Crippen LogP contribution in [0.5, 0.6) is 5.75 Å². The molecule has 29 heavy (non-hydrogen) atoms. The molecule has 0 spiro atoms. The van der Waals surface area contributed by atoms with Crippen molar-refractivity contribution in [2.24, 2.45) is 0 Å². The summed E-state index contributed by atoms with van der Waals surface area (Å²) in [6, 6.07) is 6.14. The number of rotatable bonds is 8. The molecule has 10 nitrogen and oxygen atoms in total. The zero-order valence-corrected chi connectivity index (χ0v) is 16.2. The second-order valence-corrected chi connectivity index (χ2v) is 7.18. The molecule has 0 aromatic heterocycles. The first-order valence-corrected chi connectivity index (χ1v) is 9.24. The van der Waals surface area contributed by atoms with Crippen LogP contribution in [-0.4, -0.2) is 85.6 Å². The van der Waals surface area contributed by atoms with E-state index in [4.69, 9.17) is 14.2 Å². The Bertz CT molecular complexity index is 659. The van der Waals surface area contributed by atoms with E-state index < -0.39 is 55.0 Å². The van der Waals surface area contributed by atoms with Crippen molar-refractivity contribution < 1.29 is 49.6 Å². The zero-order chi connectivity index (χ0) is 21.8. The van der Waals surface area contributed by atoms with Crippen molar-refractivity contribution in [3.05, 3.63) is 29.8 Å². The lowest BCUT2D eigenvalue weighted by molar-refractivity contribution is -0.277. The van der Waals surface area contributed by atoms with E-state index in [0.717, 1.165) is 0 Å². The van der Waals surface area contributed by atoms with Crippen molar-refractivity contribution in [1.82, 2.24) is 0 Å². The third-order valence-electron chi connectivity index (χ3n) is 4.93. The minimum Gasteiger partial charge on any atom is -0.462 e. The summed E-state index contributed by atoms with van der Waals surface area (Å²) in [7, 11) is 0. The first-order chi connectivity index (χ1) is 13.6. The van der Waals surface area contributed by atoms with Gasteiger partial charge in [0.15, 0.2) is 6.10 Å². The second-order valence-electron chi connectivity index (χ2n) is 7.18. The lowest BCUT2D eigenvalue weighted by Gasteiger charge is -2.39. The van der Waals surface area contributed by atoms with E-state index in [-0.39, 0.29) is 18.8 Å². The summed E-state index contributed by atoms with van der Waals surface area (Å²) >= 11 is 0. The zero-order valence-electron chi connectivity index (χ0n) is 16.2. The summed E-state index contributed by atoms with van der Waals surface area (Å²) < 4.78 is 15.7. The van der Waals surface area contributed by atoms with Gasteiger partial charge in [-0.3, -0.25) is 0 Å². The van der Waals surface area contributed by atoms with Gasteiger partial charge in [-0.2, -0.15) is 0 Å². The summed E-state index contributed by atoms with van der Waals surface area (Å²) in [5.41, 5.74) is -1.01. The Balaban J connectivity index is 1.92. The van der Waals surface area contributed by atoms with E-state index in [1.165, 1.54) is 19.1 Å². The number of aliphatic hydroxyl groups excluding tert-OH is 5. The van der Waals surface area contributed by atoms with E-state index in [0.29, 0.717) is 5.56 Å². The minimum absolute atomic E-state index is 0.143. The molecule has 0 bridgehead atoms. The monoisotopic (exact) mass is 416 g/mol. The molecule has 6 N–H and O–H groups in total. The Hall–Kier alpha value is -1.79. The average molecular weight is 416 g/mol. The maximum atomic E-state index is 11.8. The molecular formula is C19H28O10. The highest BCUT2D eigenvalue weighted by molar-refractivity contribution is 5.75. The van der Waals surface area contributed by atoms with E-state index in [1.807, 2.05) is 0 Å². The summed E-state index contributed by atoms with van der Waals surface area (Å²) in [6.45, 7) is 2.26. The summed E-state index contributed by atoms with van der Waals surface area (Å²) in [4.78, 5) is 11.8. The third kappa shape index (κ3) is 5.64. The van der Waals surface area contributed by atoms with Crippen molar-refractivity contribution in [1.29, 1.82) is 0 Å². The Morgan fingerprint density at radius 1 is 1.17 bits per heavy atom. The Morgan fingerprint density at radius 3 is 2.34 bits per heavy atom. The van der Waals surface area contributed by atoms with Crippen LogP contribution in [0.3, 0.4) is 0 Å². The lowest BCUT2D eigenvalue weighted by atomic mass is 9.96. The second kappa shape index (κ2) is 9.81. The van der Waals surface area contributed by atoms with E-state index in [9.17, 15) is 35.4 Å². The number of hydrogen-bond donors (Lipinski definition) is 6. The SMILES string of the molecule is CCC(C)(O)C(O)C(=O)OCc1ccc(OC2OC(CO)C(O)C(O)C2O)cc1. The molecule has 0 aliphatic carbocycles. The van der Waals surface area contributed by atoms with Crippen LogP contribution in [0.1, 0.15) is 25.8 Å². The van der Waals surface area contributed by atoms with Crippen LogP contribution in [0.25, 0.3) is 0 Å². The smallest absolute Gasteiger partial charge is 0.338 e. The molecule has 164 valence electrons. The molecule has 1 aromatic carbocycles. The van der Waals surface area contributed by atoms with Gasteiger partial charge in [-0.05, 0) is 31.0 Å². The van der Waals surface area contributed by atoms with Crippen molar-refractivity contribution in [2.75, 3.05) is 6.61 Å². The molecule has 1 saturated heterocycles. The first kappa shape index (κ1) is 23.5. The Morgan fingerprint density at radius 2 is 1.79 bits per heavy atom. The van der Waals surface area contributed by atoms with Crippen molar-refractivity contribution in [3.63, 3.8) is 0 Å². The molecule has 1 aliphatic rings. The van der Waals surface area contributed by atoms with Gasteiger partial charge >= 0.3 is 5.97 Å². The molecule has 0 radical (unpaired) electrons. The van der Waals surface area contributed by atoms with Crippen LogP contribution in [0, 0.1) is 0 Å². The molecule has 0 amide bonds. The predicted molar refractivity (Wildman–Crippen MR) is 97.6 cm³/mol. The molecule has 7 atom stereocenters. The maximum Gasteiger partial charge on any atom is 0.338 e. The van der Waals surface area contributed by atoms with Gasteiger partial charge in [0.25, 0.3) is 0 Å². The average Bonchev–Trinajstić information content (AvgIpc) is 2.72. The highest BCUT2D eigenvalue weighted by Crippen LogP contribution is 2.24. The molecule has 0 saturated carbocycles. The third-order valence-corrected chi connectivity index (χ3v) is 4.93. The Kier molecular flexibility index (Phi) is 7.94. The Labute approximate surface area is 167 Å². The fraction of sp³-hybridized carbons (Fsp3) is 0.632. The van der Waals surface area contributed by atoms with Gasteiger partial charge in [0.05, 0.1) is 12.2 Å². The summed E-state index contributed by atoms with van der Waals surface area (Å²) in [5, 5.41) is 58.4. The van der Waals surface area contributed by atoms with Gasteiger partial charge in [0, 0.05) is 0 Å². The van der Waals surface area contributed by atoms with Crippen molar-refractivity contribution in [2.45, 2.75) is 69.3 Å². The quantitative estimate of drug-likeness (QED) is 0.273. The molecule has 2 rings (SSSR count). The van der Waals surface area contributed by atoms with Gasteiger partial charge in [-0.1, -0.05) is 19.1 Å². The number of carbonyl (C=O) groups excluding carboxylic acids is 1. The molecule has 1 fully saturated rings. The van der Waals surface area contributed by atoms with Gasteiger partial charge in [0.2, 0.25) is 6.29 Å². The fourth-order valence-electron chi connectivity index (χ4n) is 2.64. The number of benzene rings is 1. The van der Waals surface area contributed by atoms with Crippen molar-refractivity contribution >= 4 is 5.97 Å². The normalized spacial score (nSPS) is 30.3. The van der Waals surface area contributed by atoms with Gasteiger partial charge in [-0.25, -0.2) is 4.79 Å². The molecule has 1 aliphatic heterocycles. The molecular weight excluding hydrogens is 388 g/mol. The van der Waals surface area contributed by atoms with Gasteiger partial charge in [-0.15, -0.1) is 0 Å². The predicted octanol–water partition coefficient (Wildman–Crippen LogP) is -1.57. The standard InChI is InChI=1S/C19H28O10/c1-3-19(2,26)16(24)17(25)27-9-10-4-6-11(7-5-10)28-18-15(23)14(22)13(21)12(8-20)29-18/h4-7,12-16,18,20-24,26H,3,8-9H2,1-2H3. The topological polar surface area (TPSA) is 166 Å². The highest BCUT2D eigenvalue weighted by Gasteiger charge is 2.44.